The van der Waals surface area contributed by atoms with Gasteiger partial charge in [-0.2, -0.15) is 0 Å². The smallest absolute Gasteiger partial charge is 0.312 e. The third kappa shape index (κ3) is 4.39. The fourth-order valence-corrected chi connectivity index (χ4v) is 6.49. The lowest BCUT2D eigenvalue weighted by Gasteiger charge is -2.39. The first-order chi connectivity index (χ1) is 17.7. The molecule has 2 bridgehead atoms. The molecule has 8 nitrogen and oxygen atoms in total. The second-order valence-corrected chi connectivity index (χ2v) is 10.6. The van der Waals surface area contributed by atoms with Gasteiger partial charge in [-0.3, -0.25) is 14.4 Å². The number of ether oxygens (including phenoxy) is 2. The minimum absolute atomic E-state index is 0.160. The molecule has 0 radical (unpaired) electrons. The van der Waals surface area contributed by atoms with Crippen molar-refractivity contribution in [2.45, 2.75) is 62.8 Å². The first kappa shape index (κ1) is 27.4. The number of esters is 1. The third-order valence-electron chi connectivity index (χ3n) is 8.06. The summed E-state index contributed by atoms with van der Waals surface area (Å²) in [5.41, 5.74) is -1.54. The summed E-state index contributed by atoms with van der Waals surface area (Å²) in [6.45, 7) is 11.2. The summed E-state index contributed by atoms with van der Waals surface area (Å²) in [4.78, 5) is 44.8. The van der Waals surface area contributed by atoms with E-state index in [-0.39, 0.29) is 31.6 Å². The van der Waals surface area contributed by atoms with Crippen LogP contribution in [-0.4, -0.2) is 70.8 Å². The lowest BCUT2D eigenvalue weighted by Crippen LogP contribution is -2.59. The summed E-state index contributed by atoms with van der Waals surface area (Å²) < 4.78 is 12.1. The number of hydrogen-bond donors (Lipinski definition) is 1. The zero-order valence-electron chi connectivity index (χ0n) is 21.4. The molecule has 9 heteroatoms. The normalized spacial score (nSPS) is 30.6. The minimum Gasteiger partial charge on any atom is -0.465 e. The first-order valence-electron chi connectivity index (χ1n) is 12.8. The molecule has 4 rings (SSSR count). The number of aliphatic hydroxyl groups is 1. The lowest BCUT2D eigenvalue weighted by atomic mass is 9.66. The Morgan fingerprint density at radius 2 is 2.00 bits per heavy atom. The molecule has 3 saturated heterocycles. The van der Waals surface area contributed by atoms with Gasteiger partial charge in [0.2, 0.25) is 5.91 Å². The summed E-state index contributed by atoms with van der Waals surface area (Å²) in [5, 5.41) is 10.7. The summed E-state index contributed by atoms with van der Waals surface area (Å²) >= 11 is 6.08. The van der Waals surface area contributed by atoms with Crippen molar-refractivity contribution in [1.82, 2.24) is 4.90 Å². The summed E-state index contributed by atoms with van der Waals surface area (Å²) in [5.74, 6) is -2.95. The SMILES string of the molecule is C=CCCOC(=O)[C@@H]1[C@H]2C(=O)N([C@@H](CC)CO)C(C(=O)N(CC=C)c3ccc(Cl)cc3)C23CC[C@@]1(C)O3. The van der Waals surface area contributed by atoms with Crippen molar-refractivity contribution in [2.75, 3.05) is 24.7 Å². The van der Waals surface area contributed by atoms with E-state index in [2.05, 4.69) is 13.2 Å². The largest absolute Gasteiger partial charge is 0.465 e. The van der Waals surface area contributed by atoms with Crippen molar-refractivity contribution < 1.29 is 29.0 Å². The maximum absolute atomic E-state index is 14.4. The number of likely N-dealkylation sites (tertiary alicyclic amines) is 1. The molecule has 1 spiro atoms. The number of fused-ring (bicyclic) bond motifs is 1. The van der Waals surface area contributed by atoms with E-state index in [0.29, 0.717) is 36.4 Å². The van der Waals surface area contributed by atoms with Crippen molar-refractivity contribution in [2.24, 2.45) is 11.8 Å². The number of rotatable bonds is 11. The number of anilines is 1. The quantitative estimate of drug-likeness (QED) is 0.267. The molecule has 3 fully saturated rings. The molecular formula is C28H35ClN2O6. The Bertz CT molecular complexity index is 1070. The second-order valence-electron chi connectivity index (χ2n) is 10.2. The first-order valence-corrected chi connectivity index (χ1v) is 13.2. The molecule has 0 aromatic heterocycles. The van der Waals surface area contributed by atoms with Gasteiger partial charge in [0.15, 0.2) is 0 Å². The van der Waals surface area contributed by atoms with Gasteiger partial charge in [0.05, 0.1) is 30.8 Å². The molecule has 0 saturated carbocycles. The molecule has 3 aliphatic rings. The zero-order valence-corrected chi connectivity index (χ0v) is 22.2. The van der Waals surface area contributed by atoms with Crippen LogP contribution in [0.2, 0.25) is 5.02 Å². The summed E-state index contributed by atoms with van der Waals surface area (Å²) in [6.07, 6.45) is 5.14. The van der Waals surface area contributed by atoms with Gasteiger partial charge in [0.1, 0.15) is 17.6 Å². The molecule has 2 unspecified atom stereocenters. The topological polar surface area (TPSA) is 96.4 Å². The predicted octanol–water partition coefficient (Wildman–Crippen LogP) is 3.51. The zero-order chi connectivity index (χ0) is 27.0. The van der Waals surface area contributed by atoms with Crippen LogP contribution >= 0.6 is 11.6 Å². The number of nitrogens with zero attached hydrogens (tertiary/aromatic N) is 2. The highest BCUT2D eigenvalue weighted by atomic mass is 35.5. The van der Waals surface area contributed by atoms with Gasteiger partial charge in [-0.1, -0.05) is 30.7 Å². The van der Waals surface area contributed by atoms with Crippen LogP contribution in [0.15, 0.2) is 49.6 Å². The van der Waals surface area contributed by atoms with E-state index in [1.165, 1.54) is 4.90 Å². The van der Waals surface area contributed by atoms with Crippen LogP contribution in [0.4, 0.5) is 5.69 Å². The van der Waals surface area contributed by atoms with E-state index in [9.17, 15) is 19.5 Å². The molecular weight excluding hydrogens is 496 g/mol. The number of hydrogen-bond acceptors (Lipinski definition) is 6. The van der Waals surface area contributed by atoms with Gasteiger partial charge in [-0.05, 0) is 56.9 Å². The van der Waals surface area contributed by atoms with Gasteiger partial charge in [-0.25, -0.2) is 0 Å². The number of carbonyl (C=O) groups excluding carboxylic acids is 3. The van der Waals surface area contributed by atoms with Gasteiger partial charge in [-0.15, -0.1) is 13.2 Å². The van der Waals surface area contributed by atoms with Gasteiger partial charge in [0, 0.05) is 17.3 Å². The Morgan fingerprint density at radius 3 is 2.59 bits per heavy atom. The molecule has 3 heterocycles. The summed E-state index contributed by atoms with van der Waals surface area (Å²) in [6, 6.07) is 5.22. The molecule has 200 valence electrons. The Kier molecular flexibility index (Phi) is 7.83. The van der Waals surface area contributed by atoms with Crippen LogP contribution in [0.3, 0.4) is 0 Å². The maximum atomic E-state index is 14.4. The average molecular weight is 531 g/mol. The molecule has 0 aliphatic carbocycles. The van der Waals surface area contributed by atoms with Crippen LogP contribution in [0.5, 0.6) is 0 Å². The van der Waals surface area contributed by atoms with Crippen LogP contribution in [0.25, 0.3) is 0 Å². The minimum atomic E-state index is -1.21. The fourth-order valence-electron chi connectivity index (χ4n) is 6.36. The monoisotopic (exact) mass is 530 g/mol. The average Bonchev–Trinajstić information content (AvgIpc) is 3.45. The fraction of sp³-hybridized carbons (Fsp3) is 0.536. The highest BCUT2D eigenvalue weighted by Crippen LogP contribution is 2.63. The predicted molar refractivity (Wildman–Crippen MR) is 140 cm³/mol. The van der Waals surface area contributed by atoms with Crippen LogP contribution in [-0.2, 0) is 23.9 Å². The van der Waals surface area contributed by atoms with Crippen molar-refractivity contribution >= 4 is 35.1 Å². The van der Waals surface area contributed by atoms with Crippen molar-refractivity contribution in [1.29, 1.82) is 0 Å². The number of carbonyl (C=O) groups is 3. The molecule has 1 N–H and O–H groups in total. The molecule has 6 atom stereocenters. The molecule has 1 aromatic carbocycles. The van der Waals surface area contributed by atoms with Crippen LogP contribution in [0.1, 0.15) is 39.5 Å². The van der Waals surface area contributed by atoms with Crippen LogP contribution < -0.4 is 4.90 Å². The second kappa shape index (κ2) is 10.6. The van der Waals surface area contributed by atoms with E-state index in [4.69, 9.17) is 21.1 Å². The van der Waals surface area contributed by atoms with Crippen molar-refractivity contribution in [3.05, 3.63) is 54.6 Å². The lowest BCUT2D eigenvalue weighted by molar-refractivity contribution is -0.160. The Balaban J connectivity index is 1.79. The number of amides is 2. The van der Waals surface area contributed by atoms with Gasteiger partial charge < -0.3 is 24.4 Å². The standard InChI is InChI=1S/C28H35ClN2O6/c1-5-8-16-36-26(35)22-21-24(33)31(19(7-3)17-32)23(28(21)14-13-27(22,4)37-28)25(34)30(15-6-2)20-11-9-18(29)10-12-20/h5-6,9-12,19,21-23,32H,1-2,7-8,13-17H2,3-4H3/t19-,21-,22-,23?,27+,28?/m0/s1. The highest BCUT2D eigenvalue weighted by molar-refractivity contribution is 6.30. The van der Waals surface area contributed by atoms with Crippen molar-refractivity contribution in [3.8, 4) is 0 Å². The number of halogens is 1. The highest BCUT2D eigenvalue weighted by Gasteiger charge is 2.79. The number of aliphatic hydroxyl groups excluding tert-OH is 1. The van der Waals surface area contributed by atoms with E-state index < -0.39 is 41.1 Å². The van der Waals surface area contributed by atoms with E-state index in [1.54, 1.807) is 41.3 Å². The maximum Gasteiger partial charge on any atom is 0.312 e. The molecule has 1 aromatic rings. The van der Waals surface area contributed by atoms with E-state index >= 15 is 0 Å². The van der Waals surface area contributed by atoms with Gasteiger partial charge >= 0.3 is 5.97 Å². The molecule has 2 amide bonds. The van der Waals surface area contributed by atoms with Crippen LogP contribution in [0, 0.1) is 11.8 Å². The Hall–Kier alpha value is -2.68. The van der Waals surface area contributed by atoms with Crippen molar-refractivity contribution in [3.63, 3.8) is 0 Å². The molecule has 37 heavy (non-hydrogen) atoms. The third-order valence-corrected chi connectivity index (χ3v) is 8.31. The van der Waals surface area contributed by atoms with E-state index in [1.807, 2.05) is 13.8 Å². The Morgan fingerprint density at radius 1 is 1.30 bits per heavy atom. The van der Waals surface area contributed by atoms with E-state index in [0.717, 1.165) is 0 Å². The number of benzene rings is 1. The Labute approximate surface area is 222 Å². The molecule has 3 aliphatic heterocycles. The van der Waals surface area contributed by atoms with Gasteiger partial charge in [0.25, 0.3) is 5.91 Å². The summed E-state index contributed by atoms with van der Waals surface area (Å²) in [7, 11) is 0.